The second-order valence-corrected chi connectivity index (χ2v) is 7.74. The van der Waals surface area contributed by atoms with E-state index in [1.165, 1.54) is 16.3 Å². The SMILES string of the molecule is CS(=O)(=O)CCCC(N)c1csc2ccccc12. The molecule has 2 rings (SSSR count). The summed E-state index contributed by atoms with van der Waals surface area (Å²) in [5, 5.41) is 3.27. The minimum atomic E-state index is -2.88. The third-order valence-electron chi connectivity index (χ3n) is 2.94. The maximum Gasteiger partial charge on any atom is 0.147 e. The first-order chi connectivity index (χ1) is 8.47. The average Bonchev–Trinajstić information content (AvgIpc) is 2.70. The number of nitrogens with two attached hydrogens (primary N) is 1. The predicted octanol–water partition coefficient (Wildman–Crippen LogP) is 2.73. The first-order valence-corrected chi connectivity index (χ1v) is 8.81. The highest BCUT2D eigenvalue weighted by molar-refractivity contribution is 7.90. The molecule has 0 spiro atoms. The number of thiophene rings is 1. The van der Waals surface area contributed by atoms with Gasteiger partial charge in [0.15, 0.2) is 0 Å². The molecule has 1 unspecified atom stereocenters. The van der Waals surface area contributed by atoms with Gasteiger partial charge in [0.2, 0.25) is 0 Å². The molecule has 1 aromatic heterocycles. The first kappa shape index (κ1) is 13.5. The van der Waals surface area contributed by atoms with Gasteiger partial charge in [0.1, 0.15) is 9.84 Å². The van der Waals surface area contributed by atoms with Gasteiger partial charge in [0, 0.05) is 22.8 Å². The van der Waals surface area contributed by atoms with Gasteiger partial charge < -0.3 is 5.73 Å². The quantitative estimate of drug-likeness (QED) is 0.918. The number of rotatable bonds is 5. The van der Waals surface area contributed by atoms with Crippen molar-refractivity contribution >= 4 is 31.3 Å². The molecule has 1 aromatic carbocycles. The molecule has 0 aliphatic heterocycles. The lowest BCUT2D eigenvalue weighted by molar-refractivity contribution is 0.589. The third kappa shape index (κ3) is 3.31. The van der Waals surface area contributed by atoms with Gasteiger partial charge >= 0.3 is 0 Å². The van der Waals surface area contributed by atoms with Crippen LogP contribution >= 0.6 is 11.3 Å². The highest BCUT2D eigenvalue weighted by Gasteiger charge is 2.12. The largest absolute Gasteiger partial charge is 0.324 e. The average molecular weight is 283 g/mol. The molecule has 0 saturated heterocycles. The van der Waals surface area contributed by atoms with Gasteiger partial charge in [0.25, 0.3) is 0 Å². The predicted molar refractivity (Wildman–Crippen MR) is 77.7 cm³/mol. The van der Waals surface area contributed by atoms with E-state index in [9.17, 15) is 8.42 Å². The van der Waals surface area contributed by atoms with Gasteiger partial charge in [-0.25, -0.2) is 8.42 Å². The Labute approximate surface area is 112 Å². The van der Waals surface area contributed by atoms with E-state index in [1.54, 1.807) is 11.3 Å². The van der Waals surface area contributed by atoms with E-state index in [2.05, 4.69) is 17.5 Å². The zero-order chi connectivity index (χ0) is 13.2. The molecule has 2 aromatic rings. The minimum absolute atomic E-state index is 0.0806. The molecule has 1 atom stereocenters. The van der Waals surface area contributed by atoms with Crippen LogP contribution in [-0.2, 0) is 9.84 Å². The Bertz CT molecular complexity index is 631. The lowest BCUT2D eigenvalue weighted by Gasteiger charge is -2.10. The Balaban J connectivity index is 2.07. The molecule has 0 fully saturated rings. The van der Waals surface area contributed by atoms with Crippen LogP contribution in [0.1, 0.15) is 24.4 Å². The van der Waals surface area contributed by atoms with E-state index < -0.39 is 9.84 Å². The van der Waals surface area contributed by atoms with Crippen molar-refractivity contribution in [3.05, 3.63) is 35.2 Å². The van der Waals surface area contributed by atoms with E-state index >= 15 is 0 Å². The van der Waals surface area contributed by atoms with Crippen LogP contribution in [0, 0.1) is 0 Å². The molecule has 1 heterocycles. The van der Waals surface area contributed by atoms with Gasteiger partial charge in [-0.3, -0.25) is 0 Å². The molecular weight excluding hydrogens is 266 g/mol. The Kier molecular flexibility index (Phi) is 4.04. The summed E-state index contributed by atoms with van der Waals surface area (Å²) in [4.78, 5) is 0. The van der Waals surface area contributed by atoms with Gasteiger partial charge in [-0.2, -0.15) is 0 Å². The maximum atomic E-state index is 11.1. The van der Waals surface area contributed by atoms with Crippen LogP contribution in [-0.4, -0.2) is 20.4 Å². The molecule has 0 amide bonds. The number of fused-ring (bicyclic) bond motifs is 1. The van der Waals surface area contributed by atoms with Crippen molar-refractivity contribution in [1.29, 1.82) is 0 Å². The van der Waals surface area contributed by atoms with Crippen LogP contribution in [0.5, 0.6) is 0 Å². The Morgan fingerprint density at radius 2 is 2.06 bits per heavy atom. The van der Waals surface area contributed by atoms with Gasteiger partial charge in [-0.05, 0) is 35.2 Å². The molecule has 98 valence electrons. The second-order valence-electron chi connectivity index (χ2n) is 4.57. The molecule has 5 heteroatoms. The molecule has 0 saturated carbocycles. The number of sulfone groups is 1. The minimum Gasteiger partial charge on any atom is -0.324 e. The molecule has 0 aliphatic rings. The highest BCUT2D eigenvalue weighted by Crippen LogP contribution is 2.30. The second kappa shape index (κ2) is 5.38. The Morgan fingerprint density at radius 3 is 2.78 bits per heavy atom. The summed E-state index contributed by atoms with van der Waals surface area (Å²) in [6, 6.07) is 8.08. The monoisotopic (exact) mass is 283 g/mol. The van der Waals surface area contributed by atoms with Crippen LogP contribution in [0.25, 0.3) is 10.1 Å². The summed E-state index contributed by atoms with van der Waals surface area (Å²) in [5.41, 5.74) is 7.28. The van der Waals surface area contributed by atoms with Gasteiger partial charge in [0.05, 0.1) is 0 Å². The van der Waals surface area contributed by atoms with E-state index in [4.69, 9.17) is 5.73 Å². The molecule has 18 heavy (non-hydrogen) atoms. The van der Waals surface area contributed by atoms with Crippen molar-refractivity contribution in [1.82, 2.24) is 0 Å². The molecular formula is C13H17NO2S2. The van der Waals surface area contributed by atoms with Crippen molar-refractivity contribution in [2.24, 2.45) is 5.73 Å². The van der Waals surface area contributed by atoms with Gasteiger partial charge in [-0.15, -0.1) is 11.3 Å². The van der Waals surface area contributed by atoms with Crippen molar-refractivity contribution < 1.29 is 8.42 Å². The van der Waals surface area contributed by atoms with Crippen molar-refractivity contribution in [2.75, 3.05) is 12.0 Å². The maximum absolute atomic E-state index is 11.1. The van der Waals surface area contributed by atoms with Crippen molar-refractivity contribution in [3.63, 3.8) is 0 Å². The highest BCUT2D eigenvalue weighted by atomic mass is 32.2. The van der Waals surface area contributed by atoms with Crippen molar-refractivity contribution in [2.45, 2.75) is 18.9 Å². The van der Waals surface area contributed by atoms with E-state index in [0.29, 0.717) is 12.8 Å². The normalized spacial score (nSPS) is 13.9. The van der Waals surface area contributed by atoms with Crippen LogP contribution in [0.3, 0.4) is 0 Å². The standard InChI is InChI=1S/C13H17NO2S2/c1-18(15,16)8-4-6-12(14)11-9-17-13-7-3-2-5-10(11)13/h2-3,5,7,9,12H,4,6,8,14H2,1H3. The molecule has 0 aliphatic carbocycles. The number of hydrogen-bond donors (Lipinski definition) is 1. The first-order valence-electron chi connectivity index (χ1n) is 5.87. The molecule has 0 bridgehead atoms. The summed E-state index contributed by atoms with van der Waals surface area (Å²) in [7, 11) is -2.88. The fourth-order valence-corrected chi connectivity index (χ4v) is 3.72. The molecule has 0 radical (unpaired) electrons. The zero-order valence-electron chi connectivity index (χ0n) is 10.3. The fraction of sp³-hybridized carbons (Fsp3) is 0.385. The van der Waals surface area contributed by atoms with Crippen LogP contribution in [0.4, 0.5) is 0 Å². The summed E-state index contributed by atoms with van der Waals surface area (Å²) >= 11 is 1.68. The van der Waals surface area contributed by atoms with Crippen LogP contribution in [0.2, 0.25) is 0 Å². The summed E-state index contributed by atoms with van der Waals surface area (Å²) in [6.07, 6.45) is 2.58. The summed E-state index contributed by atoms with van der Waals surface area (Å²) in [6.45, 7) is 0. The topological polar surface area (TPSA) is 60.2 Å². The van der Waals surface area contributed by atoms with Crippen LogP contribution < -0.4 is 5.73 Å². The number of benzene rings is 1. The van der Waals surface area contributed by atoms with E-state index in [-0.39, 0.29) is 11.8 Å². The van der Waals surface area contributed by atoms with Crippen LogP contribution in [0.15, 0.2) is 29.6 Å². The van der Waals surface area contributed by atoms with E-state index in [1.807, 2.05) is 12.1 Å². The summed E-state index contributed by atoms with van der Waals surface area (Å²) < 4.78 is 23.4. The molecule has 2 N–H and O–H groups in total. The molecule has 3 nitrogen and oxygen atoms in total. The van der Waals surface area contributed by atoms with Crippen molar-refractivity contribution in [3.8, 4) is 0 Å². The third-order valence-corrected chi connectivity index (χ3v) is 4.95. The lowest BCUT2D eigenvalue weighted by Crippen LogP contribution is -2.12. The Hall–Kier alpha value is -0.910. The fourth-order valence-electron chi connectivity index (χ4n) is 2.01. The van der Waals surface area contributed by atoms with E-state index in [0.717, 1.165) is 5.56 Å². The number of hydrogen-bond acceptors (Lipinski definition) is 4. The zero-order valence-corrected chi connectivity index (χ0v) is 11.9. The Morgan fingerprint density at radius 1 is 1.33 bits per heavy atom. The van der Waals surface area contributed by atoms with Gasteiger partial charge in [-0.1, -0.05) is 18.2 Å². The lowest BCUT2D eigenvalue weighted by atomic mass is 10.0. The smallest absolute Gasteiger partial charge is 0.147 e. The summed E-state index contributed by atoms with van der Waals surface area (Å²) in [5.74, 6) is 0.211.